The highest BCUT2D eigenvalue weighted by Gasteiger charge is 2.30. The molecule has 7 nitrogen and oxygen atoms in total. The van der Waals surface area contributed by atoms with Crippen molar-refractivity contribution in [1.29, 1.82) is 0 Å². The van der Waals surface area contributed by atoms with Crippen LogP contribution in [0.4, 0.5) is 10.5 Å². The molecule has 1 saturated carbocycles. The average Bonchev–Trinajstić information content (AvgIpc) is 3.47. The van der Waals surface area contributed by atoms with Gasteiger partial charge in [0.15, 0.2) is 0 Å². The second-order valence-electron chi connectivity index (χ2n) is 7.35. The lowest BCUT2D eigenvalue weighted by Crippen LogP contribution is -2.30. The van der Waals surface area contributed by atoms with Gasteiger partial charge in [-0.15, -0.1) is 6.58 Å². The zero-order valence-corrected chi connectivity index (χ0v) is 16.9. The van der Waals surface area contributed by atoms with E-state index in [0.29, 0.717) is 29.4 Å². The molecule has 2 amide bonds. The number of nitrogens with one attached hydrogen (secondary N) is 2. The maximum atomic E-state index is 12.5. The van der Waals surface area contributed by atoms with Crippen molar-refractivity contribution in [1.82, 2.24) is 15.1 Å². The summed E-state index contributed by atoms with van der Waals surface area (Å²) in [7, 11) is 0. The van der Waals surface area contributed by atoms with Crippen molar-refractivity contribution in [2.45, 2.75) is 45.4 Å². The van der Waals surface area contributed by atoms with E-state index in [1.54, 1.807) is 18.2 Å². The van der Waals surface area contributed by atoms with Crippen LogP contribution >= 0.6 is 0 Å². The van der Waals surface area contributed by atoms with Crippen LogP contribution in [0.15, 0.2) is 36.9 Å². The monoisotopic (exact) mass is 396 g/mol. The van der Waals surface area contributed by atoms with Gasteiger partial charge in [-0.3, -0.25) is 4.79 Å². The van der Waals surface area contributed by atoms with E-state index in [1.165, 1.54) is 10.7 Å². The molecule has 1 aromatic heterocycles. The number of benzene rings is 1. The summed E-state index contributed by atoms with van der Waals surface area (Å²) in [6.07, 6.45) is 5.16. The smallest absolute Gasteiger partial charge is 0.342 e. The number of rotatable bonds is 8. The van der Waals surface area contributed by atoms with Crippen LogP contribution in [0.3, 0.4) is 0 Å². The average molecular weight is 396 g/mol. The third-order valence-electron chi connectivity index (χ3n) is 5.22. The Balaban J connectivity index is 1.91. The number of aromatic hydroxyl groups is 1. The van der Waals surface area contributed by atoms with Gasteiger partial charge in [-0.1, -0.05) is 19.9 Å². The molecule has 29 heavy (non-hydrogen) atoms. The molecule has 3 N–H and O–H groups in total. The van der Waals surface area contributed by atoms with E-state index >= 15 is 0 Å². The summed E-state index contributed by atoms with van der Waals surface area (Å²) >= 11 is 0. The van der Waals surface area contributed by atoms with E-state index in [1.807, 2.05) is 19.9 Å². The molecular weight excluding hydrogens is 368 g/mol. The van der Waals surface area contributed by atoms with Crippen LogP contribution in [0.5, 0.6) is 5.75 Å². The molecule has 0 radical (unpaired) electrons. The molecule has 0 atom stereocenters. The molecule has 0 aliphatic heterocycles. The number of hydrogen-bond donors (Lipinski definition) is 3. The number of aromatic nitrogens is 2. The molecule has 0 spiro atoms. The topological polar surface area (TPSA) is 96.3 Å². The third-order valence-corrected chi connectivity index (χ3v) is 5.22. The number of phenols is 1. The highest BCUT2D eigenvalue weighted by atomic mass is 16.3. The van der Waals surface area contributed by atoms with Crippen LogP contribution in [-0.2, 0) is 4.79 Å². The fourth-order valence-corrected chi connectivity index (χ4v) is 3.32. The van der Waals surface area contributed by atoms with Crippen LogP contribution in [-0.4, -0.2) is 33.4 Å². The van der Waals surface area contributed by atoms with Crippen molar-refractivity contribution in [2.75, 3.05) is 11.9 Å². The lowest BCUT2D eigenvalue weighted by Gasteiger charge is -2.13. The standard InChI is InChI=1S/C22H28N4O3/c1-4-11-23-22(29)26-19(15-7-8-15)13-18(25-26)17-12-16(9-10-20(17)27)24-21(28)14(5-2)6-3/h4,9-10,12-15,27H,1,5-8,11H2,2-3H3,(H,23,29)(H,24,28). The van der Waals surface area contributed by atoms with Gasteiger partial charge in [0.25, 0.3) is 0 Å². The second-order valence-corrected chi connectivity index (χ2v) is 7.35. The number of carbonyl (C=O) groups excluding carboxylic acids is 2. The van der Waals surface area contributed by atoms with Gasteiger partial charge >= 0.3 is 6.03 Å². The fourth-order valence-electron chi connectivity index (χ4n) is 3.32. The molecular formula is C22H28N4O3. The van der Waals surface area contributed by atoms with E-state index < -0.39 is 0 Å². The van der Waals surface area contributed by atoms with Crippen molar-refractivity contribution in [2.24, 2.45) is 5.92 Å². The summed E-state index contributed by atoms with van der Waals surface area (Å²) in [5.41, 5.74) is 2.39. The van der Waals surface area contributed by atoms with E-state index in [-0.39, 0.29) is 23.6 Å². The summed E-state index contributed by atoms with van der Waals surface area (Å²) in [6, 6.07) is 6.41. The lowest BCUT2D eigenvalue weighted by molar-refractivity contribution is -0.120. The Morgan fingerprint density at radius 3 is 2.66 bits per heavy atom. The Bertz CT molecular complexity index is 911. The van der Waals surface area contributed by atoms with E-state index in [9.17, 15) is 14.7 Å². The van der Waals surface area contributed by atoms with Gasteiger partial charge in [-0.2, -0.15) is 9.78 Å². The molecule has 1 aliphatic carbocycles. The minimum Gasteiger partial charge on any atom is -0.507 e. The highest BCUT2D eigenvalue weighted by molar-refractivity contribution is 5.93. The molecule has 3 rings (SSSR count). The first-order chi connectivity index (χ1) is 14.0. The highest BCUT2D eigenvalue weighted by Crippen LogP contribution is 2.42. The predicted octanol–water partition coefficient (Wildman–Crippen LogP) is 4.25. The van der Waals surface area contributed by atoms with Crippen molar-refractivity contribution in [3.8, 4) is 17.0 Å². The Hall–Kier alpha value is -3.09. The first kappa shape index (κ1) is 20.6. The van der Waals surface area contributed by atoms with Gasteiger partial charge in [0.1, 0.15) is 5.75 Å². The molecule has 1 aliphatic rings. The Kier molecular flexibility index (Phi) is 6.36. The number of carbonyl (C=O) groups is 2. The summed E-state index contributed by atoms with van der Waals surface area (Å²) in [4.78, 5) is 24.9. The molecule has 1 fully saturated rings. The van der Waals surface area contributed by atoms with Crippen LogP contribution < -0.4 is 10.6 Å². The summed E-state index contributed by atoms with van der Waals surface area (Å²) in [5, 5.41) is 20.5. The van der Waals surface area contributed by atoms with Crippen molar-refractivity contribution >= 4 is 17.6 Å². The maximum Gasteiger partial charge on any atom is 0.342 e. The van der Waals surface area contributed by atoms with Crippen molar-refractivity contribution in [3.63, 3.8) is 0 Å². The largest absolute Gasteiger partial charge is 0.507 e. The number of phenolic OH excluding ortho intramolecular Hbond substituents is 1. The first-order valence-corrected chi connectivity index (χ1v) is 10.1. The summed E-state index contributed by atoms with van der Waals surface area (Å²) in [5.74, 6) is 0.246. The molecule has 0 unspecified atom stereocenters. The van der Waals surface area contributed by atoms with Gasteiger partial charge in [-0.25, -0.2) is 4.79 Å². The van der Waals surface area contributed by atoms with Crippen LogP contribution in [0, 0.1) is 5.92 Å². The number of amides is 2. The van der Waals surface area contributed by atoms with Gasteiger partial charge < -0.3 is 15.7 Å². The van der Waals surface area contributed by atoms with Crippen LogP contribution in [0.1, 0.15) is 51.1 Å². The minimum atomic E-state index is -0.323. The fraction of sp³-hybridized carbons (Fsp3) is 0.409. The van der Waals surface area contributed by atoms with E-state index in [2.05, 4.69) is 22.3 Å². The normalized spacial score (nSPS) is 13.3. The SMILES string of the molecule is C=CCNC(=O)n1nc(-c2cc(NC(=O)C(CC)CC)ccc2O)cc1C1CC1. The lowest BCUT2D eigenvalue weighted by atomic mass is 10.0. The summed E-state index contributed by atoms with van der Waals surface area (Å²) in [6.45, 7) is 7.93. The molecule has 0 bridgehead atoms. The number of hydrogen-bond acceptors (Lipinski definition) is 4. The molecule has 154 valence electrons. The van der Waals surface area contributed by atoms with Crippen LogP contribution in [0.25, 0.3) is 11.3 Å². The minimum absolute atomic E-state index is 0.0420. The summed E-state index contributed by atoms with van der Waals surface area (Å²) < 4.78 is 1.37. The van der Waals surface area contributed by atoms with Crippen molar-refractivity contribution in [3.05, 3.63) is 42.6 Å². The van der Waals surface area contributed by atoms with E-state index in [0.717, 1.165) is 31.4 Å². The van der Waals surface area contributed by atoms with Gasteiger partial charge in [0.2, 0.25) is 5.91 Å². The molecule has 0 saturated heterocycles. The first-order valence-electron chi connectivity index (χ1n) is 10.1. The zero-order chi connectivity index (χ0) is 21.0. The zero-order valence-electron chi connectivity index (χ0n) is 16.9. The Labute approximate surface area is 170 Å². The van der Waals surface area contributed by atoms with Crippen molar-refractivity contribution < 1.29 is 14.7 Å². The van der Waals surface area contributed by atoms with Crippen LogP contribution in [0.2, 0.25) is 0 Å². The quantitative estimate of drug-likeness (QED) is 0.459. The molecule has 2 aromatic rings. The molecule has 1 heterocycles. The number of anilines is 1. The third kappa shape index (κ3) is 4.67. The molecule has 1 aromatic carbocycles. The molecule has 7 heteroatoms. The van der Waals surface area contributed by atoms with E-state index in [4.69, 9.17) is 0 Å². The Morgan fingerprint density at radius 2 is 2.03 bits per heavy atom. The van der Waals surface area contributed by atoms with Gasteiger partial charge in [-0.05, 0) is 49.9 Å². The second kappa shape index (κ2) is 8.94. The van der Waals surface area contributed by atoms with Gasteiger partial charge in [0, 0.05) is 29.6 Å². The number of nitrogens with zero attached hydrogens (tertiary/aromatic N) is 2. The predicted molar refractivity (Wildman–Crippen MR) is 113 cm³/mol. The Morgan fingerprint density at radius 1 is 1.31 bits per heavy atom. The maximum absolute atomic E-state index is 12.5. The van der Waals surface area contributed by atoms with Gasteiger partial charge in [0.05, 0.1) is 11.4 Å².